The number of ether oxygens (including phenoxy) is 1. The summed E-state index contributed by atoms with van der Waals surface area (Å²) in [5.41, 5.74) is 6.20. The first-order chi connectivity index (χ1) is 12.1. The lowest BCUT2D eigenvalue weighted by Gasteiger charge is -2.46. The van der Waals surface area contributed by atoms with Crippen LogP contribution < -0.4 is 5.73 Å². The molecule has 0 spiro atoms. The summed E-state index contributed by atoms with van der Waals surface area (Å²) in [6.07, 6.45) is 5.35. The third-order valence-electron chi connectivity index (χ3n) is 4.77. The molecule has 25 heavy (non-hydrogen) atoms. The van der Waals surface area contributed by atoms with E-state index in [-0.39, 0.29) is 18.6 Å². The van der Waals surface area contributed by atoms with Crippen LogP contribution in [0.5, 0.6) is 0 Å². The van der Waals surface area contributed by atoms with Crippen LogP contribution in [0.25, 0.3) is 0 Å². The molecular weight excluding hydrogens is 346 g/mol. The molecule has 2 aliphatic heterocycles. The van der Waals surface area contributed by atoms with Crippen molar-refractivity contribution in [1.29, 1.82) is 0 Å². The van der Waals surface area contributed by atoms with Crippen molar-refractivity contribution in [3.05, 3.63) is 59.7 Å². The minimum Gasteiger partial charge on any atom is -0.379 e. The Labute approximate surface area is 147 Å². The van der Waals surface area contributed by atoms with Crippen LogP contribution in [0.15, 0.2) is 41.9 Å². The van der Waals surface area contributed by atoms with E-state index in [1.165, 1.54) is 30.2 Å². The molecule has 1 fully saturated rings. The third kappa shape index (κ3) is 2.89. The van der Waals surface area contributed by atoms with Gasteiger partial charge in [0.05, 0.1) is 12.7 Å². The molecule has 0 unspecified atom stereocenters. The Morgan fingerprint density at radius 3 is 2.80 bits per heavy atom. The maximum atomic E-state index is 14.5. The summed E-state index contributed by atoms with van der Waals surface area (Å²) in [6, 6.07) is 3.57. The van der Waals surface area contributed by atoms with Crippen molar-refractivity contribution in [3.8, 4) is 0 Å². The number of halogens is 2. The zero-order valence-corrected chi connectivity index (χ0v) is 14.0. The molecule has 2 aliphatic rings. The van der Waals surface area contributed by atoms with E-state index in [4.69, 9.17) is 10.5 Å². The Hall–Kier alpha value is -2.06. The molecule has 5 nitrogen and oxygen atoms in total. The van der Waals surface area contributed by atoms with E-state index in [1.54, 1.807) is 12.4 Å². The fraction of sp³-hybridized carbons (Fsp3) is 0.353. The van der Waals surface area contributed by atoms with E-state index in [2.05, 4.69) is 15.0 Å². The highest BCUT2D eigenvalue weighted by molar-refractivity contribution is 8.13. The van der Waals surface area contributed by atoms with Crippen LogP contribution in [-0.2, 0) is 10.3 Å². The Balaban J connectivity index is 1.73. The van der Waals surface area contributed by atoms with Crippen molar-refractivity contribution in [3.63, 3.8) is 0 Å². The fourth-order valence-electron chi connectivity index (χ4n) is 3.52. The average Bonchev–Trinajstić information content (AvgIpc) is 2.61. The Bertz CT molecular complexity index is 820. The second-order valence-corrected chi connectivity index (χ2v) is 7.25. The van der Waals surface area contributed by atoms with Gasteiger partial charge in [0.2, 0.25) is 0 Å². The standard InChI is InChI=1S/C17H16F2N4OS/c18-12-1-2-13(14(19)4-12)17-8-24-15(10-5-21-9-22-6-10)3-11(17)7-25-16(20)23-17/h1-2,4-6,9,11,15H,3,7-8H2,(H2,20,23)/t11-,15+,17-/m0/s1. The molecule has 130 valence electrons. The van der Waals surface area contributed by atoms with E-state index < -0.39 is 17.2 Å². The van der Waals surface area contributed by atoms with Gasteiger partial charge in [0.25, 0.3) is 0 Å². The lowest BCUT2D eigenvalue weighted by Crippen LogP contribution is -2.48. The monoisotopic (exact) mass is 362 g/mol. The Kier molecular flexibility index (Phi) is 4.16. The summed E-state index contributed by atoms with van der Waals surface area (Å²) in [5.74, 6) is -0.547. The number of thioether (sulfide) groups is 1. The number of aliphatic imine (C=N–C) groups is 1. The Morgan fingerprint density at radius 2 is 2.04 bits per heavy atom. The van der Waals surface area contributed by atoms with Crippen molar-refractivity contribution in [1.82, 2.24) is 9.97 Å². The van der Waals surface area contributed by atoms with Crippen molar-refractivity contribution in [2.45, 2.75) is 18.1 Å². The van der Waals surface area contributed by atoms with Crippen molar-refractivity contribution >= 4 is 16.9 Å². The average molecular weight is 362 g/mol. The molecule has 8 heteroatoms. The Morgan fingerprint density at radius 1 is 1.24 bits per heavy atom. The number of nitrogens with two attached hydrogens (primary N) is 1. The first-order valence-electron chi connectivity index (χ1n) is 7.88. The van der Waals surface area contributed by atoms with E-state index in [9.17, 15) is 8.78 Å². The summed E-state index contributed by atoms with van der Waals surface area (Å²) in [6.45, 7) is 0.168. The summed E-state index contributed by atoms with van der Waals surface area (Å²) >= 11 is 1.45. The van der Waals surface area contributed by atoms with Crippen LogP contribution in [0.3, 0.4) is 0 Å². The van der Waals surface area contributed by atoms with Gasteiger partial charge in [0, 0.05) is 41.3 Å². The van der Waals surface area contributed by atoms with E-state index >= 15 is 0 Å². The highest BCUT2D eigenvalue weighted by Gasteiger charge is 2.49. The number of benzene rings is 1. The molecule has 0 saturated carbocycles. The summed E-state index contributed by atoms with van der Waals surface area (Å²) in [4.78, 5) is 12.6. The first-order valence-corrected chi connectivity index (χ1v) is 8.87. The number of rotatable bonds is 2. The van der Waals surface area contributed by atoms with Gasteiger partial charge in [-0.25, -0.2) is 23.7 Å². The van der Waals surface area contributed by atoms with E-state index in [1.807, 2.05) is 0 Å². The molecule has 1 aromatic carbocycles. The quantitative estimate of drug-likeness (QED) is 0.889. The summed E-state index contributed by atoms with van der Waals surface area (Å²) in [5, 5.41) is 0.394. The lowest BCUT2D eigenvalue weighted by molar-refractivity contribution is -0.0590. The molecule has 0 bridgehead atoms. The van der Waals surface area contributed by atoms with Gasteiger partial charge < -0.3 is 10.5 Å². The van der Waals surface area contributed by atoms with Crippen LogP contribution in [0, 0.1) is 17.6 Å². The zero-order chi connectivity index (χ0) is 17.4. The van der Waals surface area contributed by atoms with Crippen molar-refractivity contribution in [2.24, 2.45) is 16.6 Å². The molecule has 3 heterocycles. The van der Waals surface area contributed by atoms with Gasteiger partial charge in [-0.05, 0) is 12.5 Å². The number of aromatic nitrogens is 2. The van der Waals surface area contributed by atoms with Gasteiger partial charge >= 0.3 is 0 Å². The van der Waals surface area contributed by atoms with Crippen LogP contribution in [-0.4, -0.2) is 27.5 Å². The maximum absolute atomic E-state index is 14.5. The normalized spacial score (nSPS) is 29.0. The predicted molar refractivity (Wildman–Crippen MR) is 90.9 cm³/mol. The topological polar surface area (TPSA) is 73.4 Å². The smallest absolute Gasteiger partial charge is 0.154 e. The number of nitrogens with zero attached hydrogens (tertiary/aromatic N) is 3. The van der Waals surface area contributed by atoms with E-state index in [0.29, 0.717) is 22.9 Å². The number of amidine groups is 1. The maximum Gasteiger partial charge on any atom is 0.154 e. The first kappa shape index (κ1) is 16.4. The highest BCUT2D eigenvalue weighted by atomic mass is 32.2. The van der Waals surface area contributed by atoms with Gasteiger partial charge in [-0.1, -0.05) is 17.8 Å². The highest BCUT2D eigenvalue weighted by Crippen LogP contribution is 2.49. The van der Waals surface area contributed by atoms with Crippen molar-refractivity contribution in [2.75, 3.05) is 12.4 Å². The molecule has 3 atom stereocenters. The third-order valence-corrected chi connectivity index (χ3v) is 5.73. The van der Waals surface area contributed by atoms with Gasteiger partial charge in [-0.15, -0.1) is 0 Å². The molecule has 1 saturated heterocycles. The SMILES string of the molecule is NC1=N[C@@]2(c3ccc(F)cc3F)CO[C@@H](c3cncnc3)C[C@H]2CS1. The molecule has 0 amide bonds. The van der Waals surface area contributed by atoms with Crippen LogP contribution in [0.1, 0.15) is 23.7 Å². The number of fused-ring (bicyclic) bond motifs is 1. The number of hydrogen-bond donors (Lipinski definition) is 1. The fourth-order valence-corrected chi connectivity index (χ4v) is 4.53. The molecule has 4 rings (SSSR count). The minimum absolute atomic E-state index is 0.00344. The summed E-state index contributed by atoms with van der Waals surface area (Å²) in [7, 11) is 0. The second-order valence-electron chi connectivity index (χ2n) is 6.21. The molecule has 1 aromatic heterocycles. The second kappa shape index (κ2) is 6.34. The molecule has 0 radical (unpaired) electrons. The van der Waals surface area contributed by atoms with Crippen LogP contribution in [0.2, 0.25) is 0 Å². The minimum atomic E-state index is -0.931. The van der Waals surface area contributed by atoms with Gasteiger partial charge in [-0.2, -0.15) is 0 Å². The molecule has 2 N–H and O–H groups in total. The predicted octanol–water partition coefficient (Wildman–Crippen LogP) is 2.79. The lowest BCUT2D eigenvalue weighted by atomic mass is 9.74. The van der Waals surface area contributed by atoms with E-state index in [0.717, 1.165) is 11.6 Å². The van der Waals surface area contributed by atoms with Gasteiger partial charge in [0.15, 0.2) is 5.17 Å². The molecular formula is C17H16F2N4OS. The largest absolute Gasteiger partial charge is 0.379 e. The number of hydrogen-bond acceptors (Lipinski definition) is 6. The molecule has 0 aliphatic carbocycles. The van der Waals surface area contributed by atoms with Crippen LogP contribution >= 0.6 is 11.8 Å². The van der Waals surface area contributed by atoms with Crippen LogP contribution in [0.4, 0.5) is 8.78 Å². The van der Waals surface area contributed by atoms with Crippen molar-refractivity contribution < 1.29 is 13.5 Å². The van der Waals surface area contributed by atoms with Gasteiger partial charge in [0.1, 0.15) is 23.5 Å². The zero-order valence-electron chi connectivity index (χ0n) is 13.2. The summed E-state index contributed by atoms with van der Waals surface area (Å²) < 4.78 is 33.9. The van der Waals surface area contributed by atoms with Gasteiger partial charge in [-0.3, -0.25) is 0 Å². The molecule has 2 aromatic rings.